The number of benzene rings is 1. The number of carbonyl (C=O) groups excluding carboxylic acids is 5. The molecule has 0 aromatic heterocycles. The Hall–Kier alpha value is -3.47. The van der Waals surface area contributed by atoms with E-state index in [1.165, 1.54) is 17.0 Å². The predicted molar refractivity (Wildman–Crippen MR) is 143 cm³/mol. The van der Waals surface area contributed by atoms with Gasteiger partial charge in [-0.25, -0.2) is 0 Å². The molecule has 1 aromatic rings. The van der Waals surface area contributed by atoms with Crippen LogP contribution in [0.3, 0.4) is 0 Å². The summed E-state index contributed by atoms with van der Waals surface area (Å²) in [6.45, 7) is 7.08. The first-order valence-electron chi connectivity index (χ1n) is 13.0. The molecular formula is C27H35ClN4O7. The molecule has 1 aliphatic heterocycles. The monoisotopic (exact) mass is 562 g/mol. The molecule has 0 spiro atoms. The number of aldehydes is 1. The SMILES string of the molecule is CCC(=O)Nc1ccc(C(=O)N[C@H](C(=O)N2C(C(=O)NC(C=O)CC(=O)O)[C@H]3CC[C@H]2C3)C(C)(C)C)c(Cl)c1. The van der Waals surface area contributed by atoms with Crippen molar-refractivity contribution in [1.82, 2.24) is 15.5 Å². The van der Waals surface area contributed by atoms with Crippen LogP contribution >= 0.6 is 11.6 Å². The first-order valence-corrected chi connectivity index (χ1v) is 13.3. The van der Waals surface area contributed by atoms with E-state index in [2.05, 4.69) is 16.0 Å². The van der Waals surface area contributed by atoms with Crippen LogP contribution in [-0.4, -0.2) is 70.1 Å². The van der Waals surface area contributed by atoms with E-state index in [-0.39, 0.29) is 34.9 Å². The molecule has 1 aliphatic carbocycles. The van der Waals surface area contributed by atoms with Crippen molar-refractivity contribution in [2.75, 3.05) is 5.32 Å². The normalized spacial score (nSPS) is 21.6. The summed E-state index contributed by atoms with van der Waals surface area (Å²) in [5, 5.41) is 17.0. The van der Waals surface area contributed by atoms with Crippen molar-refractivity contribution < 1.29 is 33.9 Å². The van der Waals surface area contributed by atoms with Gasteiger partial charge in [-0.3, -0.25) is 24.0 Å². The number of hydrogen-bond acceptors (Lipinski definition) is 6. The van der Waals surface area contributed by atoms with Crippen molar-refractivity contribution >= 4 is 53.2 Å². The van der Waals surface area contributed by atoms with Crippen LogP contribution < -0.4 is 16.0 Å². The molecule has 1 aromatic carbocycles. The number of anilines is 1. The van der Waals surface area contributed by atoms with Gasteiger partial charge >= 0.3 is 5.97 Å². The number of rotatable bonds is 10. The maximum absolute atomic E-state index is 14.0. The highest BCUT2D eigenvalue weighted by Crippen LogP contribution is 2.43. The molecule has 2 fully saturated rings. The van der Waals surface area contributed by atoms with E-state index in [4.69, 9.17) is 16.7 Å². The van der Waals surface area contributed by atoms with Crippen LogP contribution in [0.1, 0.15) is 70.2 Å². The summed E-state index contributed by atoms with van der Waals surface area (Å²) in [7, 11) is 0. The first-order chi connectivity index (χ1) is 18.3. The van der Waals surface area contributed by atoms with Crippen molar-refractivity contribution in [3.8, 4) is 0 Å². The zero-order chi connectivity index (χ0) is 29.1. The third-order valence-corrected chi connectivity index (χ3v) is 7.51. The number of piperidine rings is 1. The smallest absolute Gasteiger partial charge is 0.305 e. The van der Waals surface area contributed by atoms with Crippen molar-refractivity contribution in [2.24, 2.45) is 11.3 Å². The molecule has 11 nitrogen and oxygen atoms in total. The number of carboxylic acids is 1. The number of nitrogens with zero attached hydrogens (tertiary/aromatic N) is 1. The lowest BCUT2D eigenvalue weighted by Crippen LogP contribution is -2.61. The number of halogens is 1. The lowest BCUT2D eigenvalue weighted by Gasteiger charge is -2.40. The molecular weight excluding hydrogens is 528 g/mol. The Morgan fingerprint density at radius 1 is 1.15 bits per heavy atom. The summed E-state index contributed by atoms with van der Waals surface area (Å²) < 4.78 is 0. The number of likely N-dealkylation sites (tertiary alicyclic amines) is 1. The fraction of sp³-hybridized carbons (Fsp3) is 0.556. The summed E-state index contributed by atoms with van der Waals surface area (Å²) in [6.07, 6.45) is 2.12. The topological polar surface area (TPSA) is 162 Å². The third-order valence-electron chi connectivity index (χ3n) is 7.20. The number of carboxylic acid groups (broad SMARTS) is 1. The standard InChI is InChI=1S/C27H35ClN4O7/c1-5-20(34)29-15-7-9-18(19(28)11-15)24(37)31-23(27(2,3)4)26(39)32-17-8-6-14(10-17)22(32)25(38)30-16(13-33)12-21(35)36/h7,9,11,13-14,16-17,22-23H,5-6,8,10,12H2,1-4H3,(H,29,34)(H,30,38)(H,31,37)(H,35,36)/t14-,16?,17-,22?,23+/m0/s1. The highest BCUT2D eigenvalue weighted by molar-refractivity contribution is 6.34. The maximum atomic E-state index is 14.0. The molecule has 4 N–H and O–H groups in total. The van der Waals surface area contributed by atoms with Gasteiger partial charge in [-0.05, 0) is 48.8 Å². The van der Waals surface area contributed by atoms with Gasteiger partial charge < -0.3 is 30.8 Å². The van der Waals surface area contributed by atoms with Gasteiger partial charge in [0.05, 0.1) is 23.0 Å². The van der Waals surface area contributed by atoms with Gasteiger partial charge in [-0.1, -0.05) is 39.3 Å². The zero-order valence-electron chi connectivity index (χ0n) is 22.5. The molecule has 39 heavy (non-hydrogen) atoms. The molecule has 1 saturated carbocycles. The molecule has 2 aliphatic rings. The van der Waals surface area contributed by atoms with E-state index >= 15 is 0 Å². The molecule has 0 radical (unpaired) electrons. The molecule has 2 unspecified atom stereocenters. The van der Waals surface area contributed by atoms with Crippen LogP contribution in [0, 0.1) is 11.3 Å². The Bertz CT molecular complexity index is 1170. The molecule has 2 bridgehead atoms. The second-order valence-electron chi connectivity index (χ2n) is 11.1. The Labute approximate surface area is 232 Å². The van der Waals surface area contributed by atoms with Crippen molar-refractivity contribution in [3.05, 3.63) is 28.8 Å². The fourth-order valence-corrected chi connectivity index (χ4v) is 5.53. The second-order valence-corrected chi connectivity index (χ2v) is 11.5. The van der Waals surface area contributed by atoms with Crippen molar-refractivity contribution in [3.63, 3.8) is 0 Å². The molecule has 212 valence electrons. The lowest BCUT2D eigenvalue weighted by molar-refractivity contribution is -0.147. The van der Waals surface area contributed by atoms with Gasteiger partial charge in [0, 0.05) is 18.2 Å². The highest BCUT2D eigenvalue weighted by atomic mass is 35.5. The number of hydrogen-bond donors (Lipinski definition) is 4. The molecule has 1 saturated heterocycles. The van der Waals surface area contributed by atoms with Gasteiger partial charge in [0.1, 0.15) is 18.4 Å². The van der Waals surface area contributed by atoms with Gasteiger partial charge in [0.15, 0.2) is 0 Å². The van der Waals surface area contributed by atoms with E-state index in [1.54, 1.807) is 33.8 Å². The first kappa shape index (κ1) is 30.1. The van der Waals surface area contributed by atoms with E-state index < -0.39 is 53.7 Å². The van der Waals surface area contributed by atoms with Crippen LogP contribution in [0.25, 0.3) is 0 Å². The van der Waals surface area contributed by atoms with Gasteiger partial charge in [0.25, 0.3) is 5.91 Å². The Morgan fingerprint density at radius 3 is 2.41 bits per heavy atom. The van der Waals surface area contributed by atoms with E-state index in [0.29, 0.717) is 24.8 Å². The largest absolute Gasteiger partial charge is 0.481 e. The summed E-state index contributed by atoms with van der Waals surface area (Å²) >= 11 is 6.34. The number of carbonyl (C=O) groups is 6. The fourth-order valence-electron chi connectivity index (χ4n) is 5.27. The molecule has 5 atom stereocenters. The molecule has 3 rings (SSSR count). The molecule has 12 heteroatoms. The zero-order valence-corrected chi connectivity index (χ0v) is 23.2. The van der Waals surface area contributed by atoms with Crippen LogP contribution in [0.2, 0.25) is 5.02 Å². The Balaban J connectivity index is 1.83. The highest BCUT2D eigenvalue weighted by Gasteiger charge is 2.53. The van der Waals surface area contributed by atoms with Crippen LogP contribution in [0.15, 0.2) is 18.2 Å². The number of aliphatic carboxylic acids is 1. The minimum atomic E-state index is -1.23. The third kappa shape index (κ3) is 6.95. The average molecular weight is 563 g/mol. The minimum Gasteiger partial charge on any atom is -0.481 e. The minimum absolute atomic E-state index is 0.0948. The van der Waals surface area contributed by atoms with E-state index in [0.717, 1.165) is 6.42 Å². The van der Waals surface area contributed by atoms with Crippen molar-refractivity contribution in [2.45, 2.75) is 84.0 Å². The van der Waals surface area contributed by atoms with Crippen LogP contribution in [-0.2, 0) is 24.0 Å². The summed E-state index contributed by atoms with van der Waals surface area (Å²) in [5.41, 5.74) is -0.190. The number of fused-ring (bicyclic) bond motifs is 2. The molecule has 1 heterocycles. The number of amides is 4. The second kappa shape index (κ2) is 12.1. The predicted octanol–water partition coefficient (Wildman–Crippen LogP) is 2.37. The van der Waals surface area contributed by atoms with Crippen molar-refractivity contribution in [1.29, 1.82) is 0 Å². The summed E-state index contributed by atoms with van der Waals surface area (Å²) in [4.78, 5) is 76.0. The van der Waals surface area contributed by atoms with Crippen LogP contribution in [0.5, 0.6) is 0 Å². The lowest BCUT2D eigenvalue weighted by atomic mass is 9.84. The van der Waals surface area contributed by atoms with E-state index in [1.807, 2.05) is 0 Å². The van der Waals surface area contributed by atoms with Crippen LogP contribution in [0.4, 0.5) is 5.69 Å². The average Bonchev–Trinajstić information content (AvgIpc) is 3.47. The van der Waals surface area contributed by atoms with E-state index in [9.17, 15) is 28.8 Å². The summed E-state index contributed by atoms with van der Waals surface area (Å²) in [5.74, 6) is -3.18. The Kier molecular flexibility index (Phi) is 9.37. The van der Waals surface area contributed by atoms with Gasteiger partial charge in [-0.2, -0.15) is 0 Å². The quantitative estimate of drug-likeness (QED) is 0.318. The summed E-state index contributed by atoms with van der Waals surface area (Å²) in [6, 6.07) is 1.15. The van der Waals surface area contributed by atoms with Gasteiger partial charge in [-0.15, -0.1) is 0 Å². The molecule has 4 amide bonds. The number of nitrogens with one attached hydrogen (secondary N) is 3. The maximum Gasteiger partial charge on any atom is 0.305 e. The Morgan fingerprint density at radius 2 is 1.85 bits per heavy atom. The van der Waals surface area contributed by atoms with Gasteiger partial charge in [0.2, 0.25) is 17.7 Å².